The third kappa shape index (κ3) is 4.09. The van der Waals surface area contributed by atoms with Gasteiger partial charge in [0, 0.05) is 18.7 Å². The van der Waals surface area contributed by atoms with Crippen molar-refractivity contribution in [3.63, 3.8) is 0 Å². The van der Waals surface area contributed by atoms with Gasteiger partial charge in [-0.25, -0.2) is 0 Å². The fourth-order valence-corrected chi connectivity index (χ4v) is 3.76. The molecular weight excluding hydrogens is 322 g/mol. The maximum atomic E-state index is 12.6. The number of likely N-dealkylation sites (tertiary alicyclic amines) is 1. The zero-order chi connectivity index (χ0) is 16.8. The molecule has 3 rings (SSSR count). The van der Waals surface area contributed by atoms with E-state index in [9.17, 15) is 4.79 Å². The van der Waals surface area contributed by atoms with Gasteiger partial charge in [0.15, 0.2) is 11.5 Å². The Hall–Kier alpha value is -2.01. The summed E-state index contributed by atoms with van der Waals surface area (Å²) in [6, 6.07) is 9.53. The van der Waals surface area contributed by atoms with Crippen LogP contribution >= 0.6 is 11.3 Å². The lowest BCUT2D eigenvalue weighted by molar-refractivity contribution is 0.0766. The molecule has 128 valence electrons. The van der Waals surface area contributed by atoms with E-state index in [0.717, 1.165) is 36.4 Å². The third-order valence-electron chi connectivity index (χ3n) is 4.22. The number of carbonyl (C=O) groups is 1. The molecule has 1 aromatic carbocycles. The molecule has 1 fully saturated rings. The van der Waals surface area contributed by atoms with Gasteiger partial charge < -0.3 is 14.4 Å². The van der Waals surface area contributed by atoms with Crippen LogP contribution in [0.2, 0.25) is 0 Å². The van der Waals surface area contributed by atoms with Crippen molar-refractivity contribution in [2.45, 2.75) is 32.3 Å². The van der Waals surface area contributed by atoms with Crippen molar-refractivity contribution in [3.05, 3.63) is 46.2 Å². The Bertz CT molecular complexity index is 675. The Morgan fingerprint density at radius 1 is 1.12 bits per heavy atom. The second kappa shape index (κ2) is 8.20. The zero-order valence-corrected chi connectivity index (χ0v) is 14.8. The number of nitrogens with zero attached hydrogens (tertiary/aromatic N) is 1. The van der Waals surface area contributed by atoms with Crippen LogP contribution in [-0.4, -0.2) is 31.0 Å². The highest BCUT2D eigenvalue weighted by Gasteiger charge is 2.19. The highest BCUT2D eigenvalue weighted by atomic mass is 32.1. The normalized spacial score (nSPS) is 15.0. The molecule has 0 atom stereocenters. The van der Waals surface area contributed by atoms with Crippen molar-refractivity contribution in [1.82, 2.24) is 4.90 Å². The molecule has 2 aromatic rings. The van der Waals surface area contributed by atoms with Crippen LogP contribution in [0.25, 0.3) is 0 Å². The van der Waals surface area contributed by atoms with Crippen molar-refractivity contribution < 1.29 is 14.3 Å². The van der Waals surface area contributed by atoms with Gasteiger partial charge in [0.05, 0.1) is 12.0 Å². The molecule has 1 saturated heterocycles. The summed E-state index contributed by atoms with van der Waals surface area (Å²) in [7, 11) is 1.63. The van der Waals surface area contributed by atoms with Gasteiger partial charge in [0.25, 0.3) is 5.91 Å². The molecule has 1 amide bonds. The highest BCUT2D eigenvalue weighted by molar-refractivity contribution is 7.12. The van der Waals surface area contributed by atoms with Crippen LogP contribution in [0.1, 0.15) is 40.9 Å². The smallest absolute Gasteiger partial charge is 0.263 e. The van der Waals surface area contributed by atoms with Crippen LogP contribution in [0.4, 0.5) is 0 Å². The molecule has 0 bridgehead atoms. The van der Waals surface area contributed by atoms with Crippen LogP contribution in [-0.2, 0) is 6.61 Å². The summed E-state index contributed by atoms with van der Waals surface area (Å²) in [5.41, 5.74) is 1.02. The second-order valence-corrected chi connectivity index (χ2v) is 6.88. The molecule has 1 aliphatic rings. The van der Waals surface area contributed by atoms with E-state index < -0.39 is 0 Å². The van der Waals surface area contributed by atoms with Crippen molar-refractivity contribution >= 4 is 17.2 Å². The van der Waals surface area contributed by atoms with E-state index in [1.165, 1.54) is 24.2 Å². The predicted molar refractivity (Wildman–Crippen MR) is 96.0 cm³/mol. The number of methoxy groups -OCH3 is 1. The summed E-state index contributed by atoms with van der Waals surface area (Å²) >= 11 is 1.50. The SMILES string of the molecule is COc1ccccc1OCc1csc(C(=O)N2CCCCCC2)c1. The number of thiophene rings is 1. The quantitative estimate of drug-likeness (QED) is 0.808. The molecule has 0 unspecified atom stereocenters. The van der Waals surface area contributed by atoms with Crippen LogP contribution in [0, 0.1) is 0 Å². The van der Waals surface area contributed by atoms with Crippen LogP contribution < -0.4 is 9.47 Å². The number of rotatable bonds is 5. The predicted octanol–water partition coefficient (Wildman–Crippen LogP) is 4.35. The molecule has 24 heavy (non-hydrogen) atoms. The first-order chi connectivity index (χ1) is 11.8. The molecule has 0 spiro atoms. The van der Waals surface area contributed by atoms with Crippen LogP contribution in [0.5, 0.6) is 11.5 Å². The summed E-state index contributed by atoms with van der Waals surface area (Å²) < 4.78 is 11.1. The fourth-order valence-electron chi connectivity index (χ4n) is 2.89. The minimum atomic E-state index is 0.158. The minimum Gasteiger partial charge on any atom is -0.493 e. The average molecular weight is 345 g/mol. The first kappa shape index (κ1) is 16.8. The molecule has 0 aliphatic carbocycles. The van der Waals surface area contributed by atoms with E-state index in [1.807, 2.05) is 40.6 Å². The lowest BCUT2D eigenvalue weighted by Gasteiger charge is -2.19. The molecule has 1 aromatic heterocycles. The van der Waals surface area contributed by atoms with Gasteiger partial charge in [0.1, 0.15) is 6.61 Å². The highest BCUT2D eigenvalue weighted by Crippen LogP contribution is 2.27. The Morgan fingerprint density at radius 2 is 1.83 bits per heavy atom. The monoisotopic (exact) mass is 345 g/mol. The molecule has 5 heteroatoms. The minimum absolute atomic E-state index is 0.158. The van der Waals surface area contributed by atoms with Gasteiger partial charge in [-0.2, -0.15) is 0 Å². The van der Waals surface area contributed by atoms with E-state index in [2.05, 4.69) is 0 Å². The van der Waals surface area contributed by atoms with Gasteiger partial charge >= 0.3 is 0 Å². The summed E-state index contributed by atoms with van der Waals surface area (Å²) in [5, 5.41) is 2.00. The summed E-state index contributed by atoms with van der Waals surface area (Å²) in [6.07, 6.45) is 4.68. The summed E-state index contributed by atoms with van der Waals surface area (Å²) in [5.74, 6) is 1.59. The van der Waals surface area contributed by atoms with Crippen molar-refractivity contribution in [1.29, 1.82) is 0 Å². The Kier molecular flexibility index (Phi) is 5.75. The van der Waals surface area contributed by atoms with Crippen molar-refractivity contribution in [2.75, 3.05) is 20.2 Å². The van der Waals surface area contributed by atoms with Gasteiger partial charge in [-0.3, -0.25) is 4.79 Å². The topological polar surface area (TPSA) is 38.8 Å². The number of amides is 1. The van der Waals surface area contributed by atoms with Crippen molar-refractivity contribution in [2.24, 2.45) is 0 Å². The summed E-state index contributed by atoms with van der Waals surface area (Å²) in [4.78, 5) is 15.4. The molecule has 0 radical (unpaired) electrons. The fraction of sp³-hybridized carbons (Fsp3) is 0.421. The number of ether oxygens (including phenoxy) is 2. The van der Waals surface area contributed by atoms with Gasteiger partial charge in [-0.1, -0.05) is 25.0 Å². The van der Waals surface area contributed by atoms with E-state index in [-0.39, 0.29) is 5.91 Å². The Morgan fingerprint density at radius 3 is 2.54 bits per heavy atom. The molecule has 0 saturated carbocycles. The van der Waals surface area contributed by atoms with Gasteiger partial charge in [-0.05, 0) is 36.4 Å². The number of carbonyl (C=O) groups excluding carboxylic acids is 1. The molecule has 1 aliphatic heterocycles. The number of hydrogen-bond donors (Lipinski definition) is 0. The third-order valence-corrected chi connectivity index (χ3v) is 5.19. The second-order valence-electron chi connectivity index (χ2n) is 5.97. The number of benzene rings is 1. The standard InChI is InChI=1S/C19H23NO3S/c1-22-16-8-4-5-9-17(16)23-13-15-12-18(24-14-15)19(21)20-10-6-2-3-7-11-20/h4-5,8-9,12,14H,2-3,6-7,10-11,13H2,1H3. The lowest BCUT2D eigenvalue weighted by atomic mass is 10.2. The maximum Gasteiger partial charge on any atom is 0.263 e. The van der Waals surface area contributed by atoms with E-state index in [0.29, 0.717) is 18.1 Å². The summed E-state index contributed by atoms with van der Waals surface area (Å²) in [6.45, 7) is 2.19. The van der Waals surface area contributed by atoms with E-state index in [1.54, 1.807) is 7.11 Å². The van der Waals surface area contributed by atoms with Gasteiger partial charge in [-0.15, -0.1) is 11.3 Å². The number of para-hydroxylation sites is 2. The number of hydrogen-bond acceptors (Lipinski definition) is 4. The Labute approximate surface area is 147 Å². The van der Waals surface area contributed by atoms with E-state index >= 15 is 0 Å². The first-order valence-electron chi connectivity index (χ1n) is 8.40. The zero-order valence-electron chi connectivity index (χ0n) is 14.0. The lowest BCUT2D eigenvalue weighted by Crippen LogP contribution is -2.31. The van der Waals surface area contributed by atoms with E-state index in [4.69, 9.17) is 9.47 Å². The maximum absolute atomic E-state index is 12.6. The molecule has 0 N–H and O–H groups in total. The van der Waals surface area contributed by atoms with Gasteiger partial charge in [0.2, 0.25) is 0 Å². The van der Waals surface area contributed by atoms with Crippen LogP contribution in [0.3, 0.4) is 0 Å². The van der Waals surface area contributed by atoms with Crippen LogP contribution in [0.15, 0.2) is 35.7 Å². The average Bonchev–Trinajstić information content (AvgIpc) is 2.92. The van der Waals surface area contributed by atoms with Crippen molar-refractivity contribution in [3.8, 4) is 11.5 Å². The largest absolute Gasteiger partial charge is 0.493 e. The molecular formula is C19H23NO3S. The Balaban J connectivity index is 1.61. The molecule has 4 nitrogen and oxygen atoms in total. The first-order valence-corrected chi connectivity index (χ1v) is 9.28. The molecule has 2 heterocycles.